The lowest BCUT2D eigenvalue weighted by Crippen LogP contribution is -2.05. The molecule has 1 atom stereocenters. The zero-order chi connectivity index (χ0) is 24.2. The van der Waals surface area contributed by atoms with E-state index in [0.717, 1.165) is 12.8 Å². The highest BCUT2D eigenvalue weighted by molar-refractivity contribution is 5.81. The van der Waals surface area contributed by atoms with Crippen LogP contribution in [0.2, 0.25) is 0 Å². The first-order chi connectivity index (χ1) is 17.2. The summed E-state index contributed by atoms with van der Waals surface area (Å²) in [5.41, 5.74) is 13.3. The van der Waals surface area contributed by atoms with Crippen molar-refractivity contribution in [2.24, 2.45) is 0 Å². The molecule has 0 N–H and O–H groups in total. The number of aryl methyl sites for hydroxylation is 1. The number of rotatable bonds is 5. The monoisotopic (exact) mass is 452 g/mol. The molecule has 0 aromatic heterocycles. The van der Waals surface area contributed by atoms with E-state index >= 15 is 0 Å². The van der Waals surface area contributed by atoms with Gasteiger partial charge < -0.3 is 0 Å². The summed E-state index contributed by atoms with van der Waals surface area (Å²) in [6.07, 6.45) is 10.3. The molecule has 0 spiro atoms. The fourth-order valence-corrected chi connectivity index (χ4v) is 5.31. The van der Waals surface area contributed by atoms with Crippen molar-refractivity contribution >= 4 is 5.57 Å². The maximum atomic E-state index is 3.91. The van der Waals surface area contributed by atoms with Gasteiger partial charge in [-0.25, -0.2) is 0 Å². The second kappa shape index (κ2) is 10.2. The Labute approximate surface area is 210 Å². The van der Waals surface area contributed by atoms with Gasteiger partial charge in [-0.1, -0.05) is 121 Å². The van der Waals surface area contributed by atoms with Gasteiger partial charge in [-0.05, 0) is 88.8 Å². The molecule has 4 aromatic carbocycles. The van der Waals surface area contributed by atoms with Crippen LogP contribution in [0.15, 0.2) is 122 Å². The summed E-state index contributed by atoms with van der Waals surface area (Å²) in [6.45, 7) is 8.12. The summed E-state index contributed by atoms with van der Waals surface area (Å²) < 4.78 is 0. The van der Waals surface area contributed by atoms with Crippen LogP contribution in [0.3, 0.4) is 0 Å². The number of benzene rings is 4. The van der Waals surface area contributed by atoms with Gasteiger partial charge in [0.25, 0.3) is 0 Å². The van der Waals surface area contributed by atoms with Gasteiger partial charge in [-0.15, -0.1) is 0 Å². The molecule has 0 bridgehead atoms. The van der Waals surface area contributed by atoms with Gasteiger partial charge in [-0.2, -0.15) is 0 Å². The third-order valence-electron chi connectivity index (χ3n) is 7.06. The Balaban J connectivity index is 1.53. The first-order valence-corrected chi connectivity index (χ1v) is 12.5. The second-order valence-corrected chi connectivity index (χ2v) is 9.48. The Kier molecular flexibility index (Phi) is 6.64. The molecule has 0 saturated carbocycles. The van der Waals surface area contributed by atoms with Crippen molar-refractivity contribution in [1.29, 1.82) is 0 Å². The molecule has 4 aromatic rings. The summed E-state index contributed by atoms with van der Waals surface area (Å²) >= 11 is 0. The summed E-state index contributed by atoms with van der Waals surface area (Å²) in [5, 5.41) is 0. The third-order valence-corrected chi connectivity index (χ3v) is 7.06. The van der Waals surface area contributed by atoms with Gasteiger partial charge in [0.05, 0.1) is 0 Å². The molecule has 0 heterocycles. The maximum Gasteiger partial charge on any atom is -0.00806 e. The second-order valence-electron chi connectivity index (χ2n) is 9.48. The van der Waals surface area contributed by atoms with E-state index in [1.807, 2.05) is 6.08 Å². The molecule has 35 heavy (non-hydrogen) atoms. The lowest BCUT2D eigenvalue weighted by molar-refractivity contribution is 0.689. The van der Waals surface area contributed by atoms with E-state index in [2.05, 4.69) is 130 Å². The van der Waals surface area contributed by atoms with Crippen LogP contribution in [-0.4, -0.2) is 0 Å². The SMILES string of the molecule is C=CC=C(C=CC)c1ccc2c(c1)-c1ccccc1CC(c1ccc(-c3cccc(C)c3)cc1)C2. The van der Waals surface area contributed by atoms with Gasteiger partial charge in [-0.3, -0.25) is 0 Å². The fraction of sp³-hybridized carbons (Fsp3) is 0.143. The summed E-state index contributed by atoms with van der Waals surface area (Å²) in [7, 11) is 0. The Hall–Kier alpha value is -3.90. The van der Waals surface area contributed by atoms with Gasteiger partial charge in [0.1, 0.15) is 0 Å². The van der Waals surface area contributed by atoms with Gasteiger partial charge in [0.2, 0.25) is 0 Å². The van der Waals surface area contributed by atoms with Crippen LogP contribution in [0.25, 0.3) is 27.8 Å². The minimum absolute atomic E-state index is 0.452. The van der Waals surface area contributed by atoms with Gasteiger partial charge >= 0.3 is 0 Å². The van der Waals surface area contributed by atoms with E-state index in [1.165, 1.54) is 55.6 Å². The van der Waals surface area contributed by atoms with Gasteiger partial charge in [0, 0.05) is 0 Å². The van der Waals surface area contributed by atoms with Crippen molar-refractivity contribution < 1.29 is 0 Å². The van der Waals surface area contributed by atoms with Crippen LogP contribution in [0, 0.1) is 6.92 Å². The highest BCUT2D eigenvalue weighted by Crippen LogP contribution is 2.39. The van der Waals surface area contributed by atoms with Crippen molar-refractivity contribution in [3.8, 4) is 22.3 Å². The molecule has 0 heteroatoms. The molecule has 0 aliphatic heterocycles. The Morgan fingerprint density at radius 3 is 2.29 bits per heavy atom. The van der Waals surface area contributed by atoms with Crippen LogP contribution in [0.4, 0.5) is 0 Å². The van der Waals surface area contributed by atoms with Gasteiger partial charge in [0.15, 0.2) is 0 Å². The molecule has 0 radical (unpaired) electrons. The van der Waals surface area contributed by atoms with Crippen molar-refractivity contribution in [2.75, 3.05) is 0 Å². The molecule has 0 nitrogen and oxygen atoms in total. The normalized spacial score (nSPS) is 15.4. The lowest BCUT2D eigenvalue weighted by Gasteiger charge is -2.17. The quantitative estimate of drug-likeness (QED) is 0.265. The molecular formula is C35H32. The van der Waals surface area contributed by atoms with E-state index in [-0.39, 0.29) is 0 Å². The average molecular weight is 453 g/mol. The number of allylic oxidation sites excluding steroid dienone is 5. The van der Waals surface area contributed by atoms with Crippen LogP contribution >= 0.6 is 0 Å². The Morgan fingerprint density at radius 2 is 1.54 bits per heavy atom. The molecule has 172 valence electrons. The average Bonchev–Trinajstić information content (AvgIpc) is 3.05. The molecule has 0 amide bonds. The molecule has 0 fully saturated rings. The maximum absolute atomic E-state index is 3.91. The number of hydrogen-bond acceptors (Lipinski definition) is 0. The largest absolute Gasteiger partial charge is 0.0990 e. The predicted octanol–water partition coefficient (Wildman–Crippen LogP) is 9.36. The Morgan fingerprint density at radius 1 is 0.771 bits per heavy atom. The first-order valence-electron chi connectivity index (χ1n) is 12.5. The summed E-state index contributed by atoms with van der Waals surface area (Å²) in [4.78, 5) is 0. The first kappa shape index (κ1) is 22.9. The molecular weight excluding hydrogens is 420 g/mol. The zero-order valence-corrected chi connectivity index (χ0v) is 20.7. The summed E-state index contributed by atoms with van der Waals surface area (Å²) in [5.74, 6) is 0.452. The number of fused-ring (bicyclic) bond motifs is 3. The number of hydrogen-bond donors (Lipinski definition) is 0. The molecule has 1 aliphatic carbocycles. The zero-order valence-electron chi connectivity index (χ0n) is 20.7. The van der Waals surface area contributed by atoms with E-state index in [1.54, 1.807) is 0 Å². The minimum atomic E-state index is 0.452. The van der Waals surface area contributed by atoms with E-state index in [4.69, 9.17) is 0 Å². The highest BCUT2D eigenvalue weighted by atomic mass is 14.3. The van der Waals surface area contributed by atoms with Crippen LogP contribution in [-0.2, 0) is 12.8 Å². The van der Waals surface area contributed by atoms with Crippen LogP contribution < -0.4 is 0 Å². The standard InChI is InChI=1S/C35H32/c1-4-9-26(10-5-2)30-19-20-32-23-33(22-31-12-6-7-14-34(31)35(32)24-30)28-17-15-27(16-18-28)29-13-8-11-25(3)21-29/h4-21,24,33H,1,22-23H2,2-3H3. The smallest absolute Gasteiger partial charge is 0.00806 e. The highest BCUT2D eigenvalue weighted by Gasteiger charge is 2.23. The van der Waals surface area contributed by atoms with Crippen molar-refractivity contribution in [2.45, 2.75) is 32.6 Å². The van der Waals surface area contributed by atoms with Crippen LogP contribution in [0.5, 0.6) is 0 Å². The molecule has 1 aliphatic rings. The fourth-order valence-electron chi connectivity index (χ4n) is 5.31. The Bertz CT molecular complexity index is 1410. The molecule has 5 rings (SSSR count). The summed E-state index contributed by atoms with van der Waals surface area (Å²) in [6, 6.07) is 33.9. The third kappa shape index (κ3) is 4.84. The van der Waals surface area contributed by atoms with E-state index in [9.17, 15) is 0 Å². The predicted molar refractivity (Wildman–Crippen MR) is 152 cm³/mol. The van der Waals surface area contributed by atoms with Crippen LogP contribution in [0.1, 0.15) is 40.7 Å². The van der Waals surface area contributed by atoms with Crippen molar-refractivity contribution in [3.63, 3.8) is 0 Å². The molecule has 0 saturated heterocycles. The topological polar surface area (TPSA) is 0 Å². The van der Waals surface area contributed by atoms with Crippen molar-refractivity contribution in [3.05, 3.63) is 150 Å². The van der Waals surface area contributed by atoms with E-state index in [0.29, 0.717) is 5.92 Å². The lowest BCUT2D eigenvalue weighted by atomic mass is 9.87. The minimum Gasteiger partial charge on any atom is -0.0990 e. The van der Waals surface area contributed by atoms with E-state index < -0.39 is 0 Å². The van der Waals surface area contributed by atoms with Crippen molar-refractivity contribution in [1.82, 2.24) is 0 Å². The molecule has 1 unspecified atom stereocenters.